The van der Waals surface area contributed by atoms with Gasteiger partial charge in [0.05, 0.1) is 62.3 Å². The van der Waals surface area contributed by atoms with Crippen molar-refractivity contribution in [2.24, 2.45) is 0 Å². The van der Waals surface area contributed by atoms with Crippen molar-refractivity contribution in [3.8, 4) is 72.7 Å². The second kappa shape index (κ2) is 31.8. The number of nitrogens with zero attached hydrogens (tertiary/aromatic N) is 6. The van der Waals surface area contributed by atoms with E-state index in [1.54, 1.807) is 4.90 Å². The molecule has 23 rings (SSSR count). The van der Waals surface area contributed by atoms with Gasteiger partial charge in [-0.1, -0.05) is 327 Å². The van der Waals surface area contributed by atoms with E-state index >= 15 is 0 Å². The molecule has 0 radical (unpaired) electrons. The summed E-state index contributed by atoms with van der Waals surface area (Å²) in [5.74, 6) is 0.216. The van der Waals surface area contributed by atoms with E-state index in [2.05, 4.69) is 336 Å². The highest BCUT2D eigenvalue weighted by atomic mass is 15.2. The van der Waals surface area contributed by atoms with Crippen LogP contribution in [0.25, 0.3) is 138 Å². The van der Waals surface area contributed by atoms with Crippen molar-refractivity contribution in [1.29, 1.82) is 0 Å². The van der Waals surface area contributed by atoms with E-state index in [0.29, 0.717) is 56.3 Å². The van der Waals surface area contributed by atoms with Crippen LogP contribution in [0.5, 0.6) is 0 Å². The molecule has 134 heavy (non-hydrogen) atoms. The molecule has 6 nitrogen and oxygen atoms in total. The predicted octanol–water partition coefficient (Wildman–Crippen LogP) is 33.2. The molecule has 2 aliphatic heterocycles. The molecule has 0 N–H and O–H groups in total. The molecule has 0 saturated heterocycles. The van der Waals surface area contributed by atoms with Crippen LogP contribution in [-0.4, -0.2) is 20.4 Å². The molecule has 7 heteroatoms. The Bertz CT molecular complexity index is 8850. The van der Waals surface area contributed by atoms with E-state index in [9.17, 15) is 15.1 Å². The fourth-order valence-electron chi connectivity index (χ4n) is 20.6. The van der Waals surface area contributed by atoms with Gasteiger partial charge < -0.3 is 28.4 Å². The molecular weight excluding hydrogens is 1620 g/mol. The van der Waals surface area contributed by atoms with E-state index in [0.717, 1.165) is 138 Å². The van der Waals surface area contributed by atoms with Gasteiger partial charge in [-0.3, -0.25) is 0 Å². The molecule has 650 valence electrons. The van der Waals surface area contributed by atoms with E-state index < -0.39 is 60.5 Å². The predicted molar refractivity (Wildman–Crippen MR) is 574 cm³/mol. The molecule has 0 aliphatic carbocycles. The Labute approximate surface area is 806 Å². The van der Waals surface area contributed by atoms with Gasteiger partial charge in [-0.05, 0) is 286 Å². The maximum atomic E-state index is 11.7. The average Bonchev–Trinajstić information content (AvgIpc) is 1.22. The monoisotopic (exact) mass is 1740 g/mol. The van der Waals surface area contributed by atoms with Crippen LogP contribution in [0.15, 0.2) is 400 Å². The third-order valence-electron chi connectivity index (χ3n) is 27.6. The second-order valence-electron chi connectivity index (χ2n) is 40.6. The van der Waals surface area contributed by atoms with Crippen molar-refractivity contribution >= 4 is 140 Å². The Balaban J connectivity index is 0.936. The van der Waals surface area contributed by atoms with Gasteiger partial charge >= 0.3 is 0 Å². The summed E-state index contributed by atoms with van der Waals surface area (Å²) in [6, 6.07) is 107. The van der Waals surface area contributed by atoms with Crippen LogP contribution in [0, 0.1) is 0 Å². The largest absolute Gasteiger partial charge is 0.311 e. The summed E-state index contributed by atoms with van der Waals surface area (Å²) >= 11 is 0. The van der Waals surface area contributed by atoms with Gasteiger partial charge in [0, 0.05) is 100 Å². The lowest BCUT2D eigenvalue weighted by molar-refractivity contribution is 0.590. The van der Waals surface area contributed by atoms with Crippen LogP contribution >= 0.6 is 0 Å². The lowest BCUT2D eigenvalue weighted by Gasteiger charge is -2.45. The number of hydrogen-bond acceptors (Lipinski definition) is 3. The number of rotatable bonds is 14. The highest BCUT2D eigenvalue weighted by Crippen LogP contribution is 2.55. The summed E-state index contributed by atoms with van der Waals surface area (Å²) in [6.07, 6.45) is 0. The molecule has 2 aliphatic rings. The van der Waals surface area contributed by atoms with Gasteiger partial charge in [0.2, 0.25) is 0 Å². The number of benzene rings is 18. The Hall–Kier alpha value is -15.2. The summed E-state index contributed by atoms with van der Waals surface area (Å²) in [5, 5.41) is 4.77. The summed E-state index contributed by atoms with van der Waals surface area (Å²) in [4.78, 5) is 6.45. The van der Waals surface area contributed by atoms with Crippen molar-refractivity contribution < 1.29 is 17.8 Å². The fraction of sp³-hybridized carbons (Fsp3) is 0.150. The van der Waals surface area contributed by atoms with Gasteiger partial charge in [0.25, 0.3) is 6.71 Å². The molecule has 0 bridgehead atoms. The van der Waals surface area contributed by atoms with Crippen molar-refractivity contribution in [3.63, 3.8) is 0 Å². The number of para-hydroxylation sites is 2. The van der Waals surface area contributed by atoms with E-state index in [1.165, 1.54) is 11.1 Å². The molecule has 0 amide bonds. The van der Waals surface area contributed by atoms with Gasteiger partial charge in [-0.15, -0.1) is 0 Å². The topological polar surface area (TPSA) is 24.5 Å². The van der Waals surface area contributed by atoms with Gasteiger partial charge in [0.1, 0.15) is 0 Å². The smallest absolute Gasteiger partial charge is 0.252 e. The van der Waals surface area contributed by atoms with Crippen LogP contribution in [0.2, 0.25) is 0 Å². The minimum absolute atomic E-state index is 0.0146. The number of hydrogen-bond donors (Lipinski definition) is 0. The van der Waals surface area contributed by atoms with Crippen molar-refractivity contribution in [1.82, 2.24) is 13.7 Å². The molecular formula is C127H109BN6. The second-order valence-corrected chi connectivity index (χ2v) is 40.6. The summed E-state index contributed by atoms with van der Waals surface area (Å²) in [5.41, 5.74) is 25.4. The zero-order chi connectivity index (χ0) is 103. The molecule has 5 heterocycles. The number of aromatic nitrogens is 3. The number of anilines is 9. The average molecular weight is 1740 g/mol. The van der Waals surface area contributed by atoms with Gasteiger partial charge in [-0.2, -0.15) is 0 Å². The Morgan fingerprint density at radius 2 is 0.701 bits per heavy atom. The van der Waals surface area contributed by atoms with E-state index in [1.807, 2.05) is 106 Å². The van der Waals surface area contributed by atoms with Crippen molar-refractivity contribution in [3.05, 3.63) is 428 Å². The maximum absolute atomic E-state index is 11.7. The normalized spacial score (nSPS) is 14.2. The standard InChI is InChI=1S/C127H109BN6/c1-81(2)87-51-60-112-104(69-87)105-71-91(124(3,4)5)52-61-113(105)131(112)99-55-59-111-119(78-99)134(123-102(85-42-28-18-29-43-85)74-94(127(12,13)14)75-103(123)86-44-30-19-31-45-86)121-80-101(79-120-122(121)128(111)110-58-50-88(82-36-22-15-23-37-82)70-118(110)133(120)100-67-89(83-38-24-16-25-39-83)66-90(68-100)84-40-26-17-27-41-84)132-116-64-56-97(129(95-46-32-20-33-47-95)96-48-34-21-35-49-96)76-108(116)109-77-98(57-65-117(109)132)130-114-62-53-92(125(6,7)8)72-106(114)107-73-93(126(9,10)11)54-63-115(107)130/h15-81H,1-14H3/i15D,20D,22D,23D,32D,33D,36D,37D,46D,47D,57D,65D,77D. The zero-order valence-electron chi connectivity index (χ0n) is 90.9. The molecule has 0 spiro atoms. The van der Waals surface area contributed by atoms with E-state index in [-0.39, 0.29) is 80.2 Å². The van der Waals surface area contributed by atoms with Gasteiger partial charge in [-0.25, -0.2) is 0 Å². The van der Waals surface area contributed by atoms with Crippen LogP contribution in [0.1, 0.15) is 148 Å². The first-order valence-corrected chi connectivity index (χ1v) is 46.6. The van der Waals surface area contributed by atoms with Gasteiger partial charge in [0.15, 0.2) is 0 Å². The van der Waals surface area contributed by atoms with Crippen molar-refractivity contribution in [2.75, 3.05) is 14.7 Å². The Morgan fingerprint density at radius 3 is 1.22 bits per heavy atom. The first-order valence-electron chi connectivity index (χ1n) is 53.1. The molecule has 21 aromatic rings. The van der Waals surface area contributed by atoms with Crippen LogP contribution in [0.4, 0.5) is 51.2 Å². The fourth-order valence-corrected chi connectivity index (χ4v) is 20.6. The SMILES string of the molecule is [2H]c1c([2H])c([2H])c(-c2ccc3c(c2)N(c2cc(-c4ccccc4)cc(-c4ccccc4)c2)c2cc(-n4c5ccc(N(c6ccccc6)c6c([2H])c([2H])c([2H])c([2H])c6[2H])cc5c5c([2H])c(-n6c7ccc(C(C)(C)C)cc7c7cc(C(C)(C)C)ccc76)c([2H])c([2H])c54)cc4c2B3c2ccc(-n3c5ccc(C(C)C)cc5c5cc(C(C)(C)C)ccc53)cc2N4c2c(-c3ccccc3)cc(C(C)(C)C)cc2-c2ccccc2)c([2H])c1[2H]. The Kier molecular flexibility index (Phi) is 16.6. The van der Waals surface area contributed by atoms with Crippen LogP contribution < -0.4 is 31.1 Å². The minimum atomic E-state index is -0.712. The lowest BCUT2D eigenvalue weighted by Crippen LogP contribution is -2.61. The van der Waals surface area contributed by atoms with Crippen LogP contribution in [-0.2, 0) is 21.7 Å². The summed E-state index contributed by atoms with van der Waals surface area (Å²) in [7, 11) is 0. The molecule has 0 saturated carbocycles. The summed E-state index contributed by atoms with van der Waals surface area (Å²) in [6.45, 7) is 30.5. The zero-order valence-corrected chi connectivity index (χ0v) is 77.9. The van der Waals surface area contributed by atoms with Crippen LogP contribution in [0.3, 0.4) is 0 Å². The molecule has 3 aromatic heterocycles. The van der Waals surface area contributed by atoms with Crippen molar-refractivity contribution in [2.45, 2.75) is 125 Å². The lowest BCUT2D eigenvalue weighted by atomic mass is 9.33. The molecule has 0 fully saturated rings. The third-order valence-corrected chi connectivity index (χ3v) is 27.6. The molecule has 18 aromatic carbocycles. The maximum Gasteiger partial charge on any atom is 0.252 e. The quantitative estimate of drug-likeness (QED) is 0.101. The number of fused-ring (bicyclic) bond motifs is 13. The minimum Gasteiger partial charge on any atom is -0.311 e. The Morgan fingerprint density at radius 1 is 0.269 bits per heavy atom. The third kappa shape index (κ3) is 14.1. The van der Waals surface area contributed by atoms with E-state index in [4.69, 9.17) is 2.74 Å². The summed E-state index contributed by atoms with van der Waals surface area (Å²) < 4.78 is 136. The first kappa shape index (κ1) is 69.7. The first-order chi connectivity index (χ1) is 70.2. The molecule has 0 unspecified atom stereocenters. The molecule has 0 atom stereocenters. The highest BCUT2D eigenvalue weighted by molar-refractivity contribution is 7.00. The highest BCUT2D eigenvalue weighted by Gasteiger charge is 2.46.